The van der Waals surface area contributed by atoms with Crippen molar-refractivity contribution < 1.29 is 9.47 Å². The molecular weight excluding hydrogens is 264 g/mol. The molecule has 0 heterocycles. The van der Waals surface area contributed by atoms with Gasteiger partial charge in [0.25, 0.3) is 0 Å². The van der Waals surface area contributed by atoms with Crippen molar-refractivity contribution in [1.82, 2.24) is 4.90 Å². The Morgan fingerprint density at radius 1 is 1.14 bits per heavy atom. The lowest BCUT2D eigenvalue weighted by Crippen LogP contribution is -2.51. The molecule has 118 valence electrons. The van der Waals surface area contributed by atoms with Crippen molar-refractivity contribution in [2.45, 2.75) is 44.7 Å². The Bertz CT molecular complexity index is 456. The lowest BCUT2D eigenvalue weighted by atomic mass is 9.94. The molecule has 0 aromatic heterocycles. The molecule has 0 amide bonds. The summed E-state index contributed by atoms with van der Waals surface area (Å²) in [5, 5.41) is 0. The van der Waals surface area contributed by atoms with Gasteiger partial charge in [0.2, 0.25) is 0 Å². The van der Waals surface area contributed by atoms with E-state index in [9.17, 15) is 0 Å². The normalized spacial score (nSPS) is 17.2. The second kappa shape index (κ2) is 7.14. The maximum Gasteiger partial charge on any atom is 0.161 e. The first-order valence-electron chi connectivity index (χ1n) is 7.85. The Kier molecular flexibility index (Phi) is 5.48. The number of nitrogens with zero attached hydrogens (tertiary/aromatic N) is 1. The SMILES string of the molecule is CCN(Cc1ccc(OC)c(OC)c1)C1(CN)CCCC1. The van der Waals surface area contributed by atoms with Crippen LogP contribution >= 0.6 is 0 Å². The number of rotatable bonds is 7. The molecule has 0 atom stereocenters. The third-order valence-electron chi connectivity index (χ3n) is 4.79. The van der Waals surface area contributed by atoms with E-state index in [4.69, 9.17) is 15.2 Å². The van der Waals surface area contributed by atoms with Crippen molar-refractivity contribution in [1.29, 1.82) is 0 Å². The zero-order valence-corrected chi connectivity index (χ0v) is 13.5. The fourth-order valence-electron chi connectivity index (χ4n) is 3.50. The molecule has 1 aromatic carbocycles. The first kappa shape index (κ1) is 16.1. The summed E-state index contributed by atoms with van der Waals surface area (Å²) in [5.41, 5.74) is 7.54. The highest BCUT2D eigenvalue weighted by molar-refractivity contribution is 5.42. The summed E-state index contributed by atoms with van der Waals surface area (Å²) in [6.07, 6.45) is 5.01. The zero-order chi connectivity index (χ0) is 15.3. The maximum absolute atomic E-state index is 6.11. The third-order valence-corrected chi connectivity index (χ3v) is 4.79. The van der Waals surface area contributed by atoms with E-state index in [1.165, 1.54) is 31.2 Å². The highest BCUT2D eigenvalue weighted by atomic mass is 16.5. The van der Waals surface area contributed by atoms with Crippen LogP contribution in [-0.2, 0) is 6.54 Å². The minimum Gasteiger partial charge on any atom is -0.493 e. The highest BCUT2D eigenvalue weighted by Gasteiger charge is 2.37. The Morgan fingerprint density at radius 3 is 2.33 bits per heavy atom. The fraction of sp³-hybridized carbons (Fsp3) is 0.647. The molecule has 1 saturated carbocycles. The van der Waals surface area contributed by atoms with Gasteiger partial charge in [-0.1, -0.05) is 25.8 Å². The fourth-order valence-corrected chi connectivity index (χ4v) is 3.50. The largest absolute Gasteiger partial charge is 0.493 e. The molecular formula is C17H28N2O2. The first-order chi connectivity index (χ1) is 10.2. The maximum atomic E-state index is 6.11. The van der Waals surface area contributed by atoms with E-state index in [2.05, 4.69) is 24.0 Å². The zero-order valence-electron chi connectivity index (χ0n) is 13.5. The Balaban J connectivity index is 2.18. The Morgan fingerprint density at radius 2 is 1.81 bits per heavy atom. The summed E-state index contributed by atoms with van der Waals surface area (Å²) in [5.74, 6) is 1.57. The van der Waals surface area contributed by atoms with Gasteiger partial charge < -0.3 is 15.2 Å². The summed E-state index contributed by atoms with van der Waals surface area (Å²) in [6, 6.07) is 6.16. The van der Waals surface area contributed by atoms with E-state index in [-0.39, 0.29) is 5.54 Å². The minimum atomic E-state index is 0.182. The summed E-state index contributed by atoms with van der Waals surface area (Å²) in [6.45, 7) is 4.89. The minimum absolute atomic E-state index is 0.182. The quantitative estimate of drug-likeness (QED) is 0.839. The summed E-state index contributed by atoms with van der Waals surface area (Å²) in [4.78, 5) is 2.53. The predicted molar refractivity (Wildman–Crippen MR) is 85.9 cm³/mol. The molecule has 1 aliphatic carbocycles. The van der Waals surface area contributed by atoms with Crippen LogP contribution in [0.25, 0.3) is 0 Å². The van der Waals surface area contributed by atoms with Crippen LogP contribution in [0, 0.1) is 0 Å². The lowest BCUT2D eigenvalue weighted by Gasteiger charge is -2.40. The first-order valence-corrected chi connectivity index (χ1v) is 7.85. The molecule has 21 heavy (non-hydrogen) atoms. The van der Waals surface area contributed by atoms with Gasteiger partial charge in [-0.3, -0.25) is 4.90 Å². The smallest absolute Gasteiger partial charge is 0.161 e. The molecule has 4 nitrogen and oxygen atoms in total. The van der Waals surface area contributed by atoms with Crippen molar-refractivity contribution in [3.05, 3.63) is 23.8 Å². The van der Waals surface area contributed by atoms with Crippen LogP contribution in [-0.4, -0.2) is 37.7 Å². The molecule has 0 saturated heterocycles. The van der Waals surface area contributed by atoms with Gasteiger partial charge in [-0.25, -0.2) is 0 Å². The van der Waals surface area contributed by atoms with Crippen molar-refractivity contribution in [2.24, 2.45) is 5.73 Å². The van der Waals surface area contributed by atoms with Gasteiger partial charge in [0.05, 0.1) is 14.2 Å². The average molecular weight is 292 g/mol. The molecule has 0 spiro atoms. The van der Waals surface area contributed by atoms with E-state index in [0.717, 1.165) is 31.1 Å². The average Bonchev–Trinajstić information content (AvgIpc) is 3.02. The van der Waals surface area contributed by atoms with Gasteiger partial charge in [-0.2, -0.15) is 0 Å². The van der Waals surface area contributed by atoms with E-state index < -0.39 is 0 Å². The molecule has 1 aliphatic rings. The number of ether oxygens (including phenoxy) is 2. The van der Waals surface area contributed by atoms with E-state index in [0.29, 0.717) is 0 Å². The van der Waals surface area contributed by atoms with Gasteiger partial charge in [0, 0.05) is 18.6 Å². The van der Waals surface area contributed by atoms with Crippen LogP contribution in [0.5, 0.6) is 11.5 Å². The standard InChI is InChI=1S/C17H28N2O2/c1-4-19(17(13-18)9-5-6-10-17)12-14-7-8-15(20-2)16(11-14)21-3/h7-8,11H,4-6,9-10,12-13,18H2,1-3H3. The van der Waals surface area contributed by atoms with Gasteiger partial charge in [-0.15, -0.1) is 0 Å². The van der Waals surface area contributed by atoms with Gasteiger partial charge in [0.1, 0.15) is 0 Å². The van der Waals surface area contributed by atoms with Crippen LogP contribution in [0.15, 0.2) is 18.2 Å². The highest BCUT2D eigenvalue weighted by Crippen LogP contribution is 2.36. The second-order valence-corrected chi connectivity index (χ2v) is 5.84. The summed E-state index contributed by atoms with van der Waals surface area (Å²) in [7, 11) is 3.34. The van der Waals surface area contributed by atoms with Crippen LogP contribution in [0.1, 0.15) is 38.2 Å². The Hall–Kier alpha value is -1.26. The van der Waals surface area contributed by atoms with Gasteiger partial charge >= 0.3 is 0 Å². The van der Waals surface area contributed by atoms with Gasteiger partial charge in [-0.05, 0) is 37.1 Å². The molecule has 2 rings (SSSR count). The van der Waals surface area contributed by atoms with Crippen LogP contribution in [0.3, 0.4) is 0 Å². The topological polar surface area (TPSA) is 47.7 Å². The molecule has 0 unspecified atom stereocenters. The molecule has 0 bridgehead atoms. The molecule has 0 aliphatic heterocycles. The van der Waals surface area contributed by atoms with E-state index in [1.807, 2.05) is 6.07 Å². The Labute approximate surface area is 128 Å². The number of methoxy groups -OCH3 is 2. The van der Waals surface area contributed by atoms with Gasteiger partial charge in [0.15, 0.2) is 11.5 Å². The monoisotopic (exact) mass is 292 g/mol. The lowest BCUT2D eigenvalue weighted by molar-refractivity contribution is 0.0970. The number of nitrogens with two attached hydrogens (primary N) is 1. The number of hydrogen-bond acceptors (Lipinski definition) is 4. The van der Waals surface area contributed by atoms with E-state index >= 15 is 0 Å². The number of benzene rings is 1. The van der Waals surface area contributed by atoms with Crippen molar-refractivity contribution in [3.63, 3.8) is 0 Å². The van der Waals surface area contributed by atoms with Crippen molar-refractivity contribution in [2.75, 3.05) is 27.3 Å². The number of likely N-dealkylation sites (N-methyl/N-ethyl adjacent to an activating group) is 1. The van der Waals surface area contributed by atoms with Crippen molar-refractivity contribution >= 4 is 0 Å². The summed E-state index contributed by atoms with van der Waals surface area (Å²) < 4.78 is 10.7. The second-order valence-electron chi connectivity index (χ2n) is 5.84. The molecule has 1 aromatic rings. The van der Waals surface area contributed by atoms with Crippen molar-refractivity contribution in [3.8, 4) is 11.5 Å². The molecule has 1 fully saturated rings. The van der Waals surface area contributed by atoms with Crippen LogP contribution < -0.4 is 15.2 Å². The molecule has 4 heteroatoms. The summed E-state index contributed by atoms with van der Waals surface area (Å²) >= 11 is 0. The predicted octanol–water partition coefficient (Wildman–Crippen LogP) is 2.80. The molecule has 0 radical (unpaired) electrons. The third kappa shape index (κ3) is 3.33. The van der Waals surface area contributed by atoms with Crippen LogP contribution in [0.2, 0.25) is 0 Å². The number of hydrogen-bond donors (Lipinski definition) is 1. The molecule has 2 N–H and O–H groups in total. The van der Waals surface area contributed by atoms with E-state index in [1.54, 1.807) is 14.2 Å². The van der Waals surface area contributed by atoms with Crippen LogP contribution in [0.4, 0.5) is 0 Å².